The quantitative estimate of drug-likeness (QED) is 0.810. The van der Waals surface area contributed by atoms with Crippen LogP contribution in [-0.2, 0) is 0 Å². The molecular weight excluding hydrogens is 272 g/mol. The molecule has 0 unspecified atom stereocenters. The summed E-state index contributed by atoms with van der Waals surface area (Å²) in [6, 6.07) is 11.1. The van der Waals surface area contributed by atoms with E-state index in [1.165, 1.54) is 0 Å². The van der Waals surface area contributed by atoms with Gasteiger partial charge in [-0.2, -0.15) is 0 Å². The predicted octanol–water partition coefficient (Wildman–Crippen LogP) is 4.91. The number of hydrogen-bond acceptors (Lipinski definition) is 1. The second kappa shape index (κ2) is 5.97. The van der Waals surface area contributed by atoms with Crippen molar-refractivity contribution < 1.29 is 4.79 Å². The van der Waals surface area contributed by atoms with Crippen LogP contribution < -0.4 is 10.6 Å². The van der Waals surface area contributed by atoms with Crippen molar-refractivity contribution in [3.05, 3.63) is 58.1 Å². The molecule has 0 aliphatic carbocycles. The lowest BCUT2D eigenvalue weighted by Crippen LogP contribution is -2.20. The van der Waals surface area contributed by atoms with E-state index >= 15 is 0 Å². The number of halogens is 1. The normalized spacial score (nSPS) is 10.2. The molecule has 2 aromatic carbocycles. The Balaban J connectivity index is 2.11. The van der Waals surface area contributed by atoms with Crippen LogP contribution >= 0.6 is 11.6 Å². The molecule has 0 spiro atoms. The summed E-state index contributed by atoms with van der Waals surface area (Å²) in [5, 5.41) is 6.28. The minimum absolute atomic E-state index is 0.276. The highest BCUT2D eigenvalue weighted by Crippen LogP contribution is 2.22. The molecule has 20 heavy (non-hydrogen) atoms. The van der Waals surface area contributed by atoms with Crippen LogP contribution in [0.2, 0.25) is 5.02 Å². The first kappa shape index (κ1) is 14.4. The number of benzene rings is 2. The lowest BCUT2D eigenvalue weighted by atomic mass is 10.1. The van der Waals surface area contributed by atoms with Gasteiger partial charge in [-0.1, -0.05) is 35.9 Å². The Morgan fingerprint density at radius 3 is 2.20 bits per heavy atom. The molecule has 0 atom stereocenters. The summed E-state index contributed by atoms with van der Waals surface area (Å²) in [5.41, 5.74) is 4.55. The van der Waals surface area contributed by atoms with Crippen LogP contribution in [0.4, 0.5) is 16.2 Å². The molecule has 104 valence electrons. The molecule has 0 fully saturated rings. The number of hydrogen-bond donors (Lipinski definition) is 2. The molecule has 0 aromatic heterocycles. The maximum atomic E-state index is 12.0. The average Bonchev–Trinajstić information content (AvgIpc) is 2.38. The first-order chi connectivity index (χ1) is 9.47. The SMILES string of the molecule is Cc1ccc(NC(=O)Nc2c(C)cccc2C)cc1Cl. The van der Waals surface area contributed by atoms with E-state index in [2.05, 4.69) is 10.6 Å². The van der Waals surface area contributed by atoms with Crippen LogP contribution in [0.1, 0.15) is 16.7 Å². The third-order valence-electron chi connectivity index (χ3n) is 3.15. The molecular formula is C16H17ClN2O. The Bertz CT molecular complexity index is 633. The number of aryl methyl sites for hydroxylation is 3. The van der Waals surface area contributed by atoms with Crippen molar-refractivity contribution in [3.63, 3.8) is 0 Å². The van der Waals surface area contributed by atoms with E-state index < -0.39 is 0 Å². The van der Waals surface area contributed by atoms with Crippen LogP contribution in [0.3, 0.4) is 0 Å². The van der Waals surface area contributed by atoms with Gasteiger partial charge in [-0.3, -0.25) is 0 Å². The molecule has 2 N–H and O–H groups in total. The number of para-hydroxylation sites is 1. The van der Waals surface area contributed by atoms with E-state index in [1.807, 2.05) is 51.1 Å². The summed E-state index contributed by atoms with van der Waals surface area (Å²) in [7, 11) is 0. The monoisotopic (exact) mass is 288 g/mol. The van der Waals surface area contributed by atoms with E-state index in [9.17, 15) is 4.79 Å². The lowest BCUT2D eigenvalue weighted by molar-refractivity contribution is 0.262. The summed E-state index contributed by atoms with van der Waals surface area (Å²) in [4.78, 5) is 12.0. The molecule has 2 aromatic rings. The first-order valence-electron chi connectivity index (χ1n) is 6.38. The Morgan fingerprint density at radius 1 is 0.950 bits per heavy atom. The molecule has 2 amide bonds. The Kier molecular flexibility index (Phi) is 4.30. The van der Waals surface area contributed by atoms with Gasteiger partial charge in [0, 0.05) is 16.4 Å². The smallest absolute Gasteiger partial charge is 0.308 e. The molecule has 0 heterocycles. The maximum Gasteiger partial charge on any atom is 0.323 e. The van der Waals surface area contributed by atoms with E-state index in [-0.39, 0.29) is 6.03 Å². The molecule has 3 nitrogen and oxygen atoms in total. The number of rotatable bonds is 2. The number of carbonyl (C=O) groups excluding carboxylic acids is 1. The number of carbonyl (C=O) groups is 1. The van der Waals surface area contributed by atoms with Gasteiger partial charge in [-0.25, -0.2) is 4.79 Å². The Labute approximate surface area is 124 Å². The van der Waals surface area contributed by atoms with Crippen molar-refractivity contribution in [3.8, 4) is 0 Å². The fraction of sp³-hybridized carbons (Fsp3) is 0.188. The standard InChI is InChI=1S/C16H17ClN2O/c1-10-7-8-13(9-14(10)17)18-16(20)19-15-11(2)5-4-6-12(15)3/h4-9H,1-3H3,(H2,18,19,20). The van der Waals surface area contributed by atoms with Gasteiger partial charge in [0.1, 0.15) is 0 Å². The summed E-state index contributed by atoms with van der Waals surface area (Å²) in [6.07, 6.45) is 0. The average molecular weight is 289 g/mol. The molecule has 0 bridgehead atoms. The highest BCUT2D eigenvalue weighted by Gasteiger charge is 2.07. The summed E-state index contributed by atoms with van der Waals surface area (Å²) >= 11 is 6.04. The molecule has 0 saturated heterocycles. The van der Waals surface area contributed by atoms with E-state index in [0.29, 0.717) is 10.7 Å². The van der Waals surface area contributed by atoms with Crippen molar-refractivity contribution in [2.24, 2.45) is 0 Å². The fourth-order valence-corrected chi connectivity index (χ4v) is 2.14. The molecule has 0 radical (unpaired) electrons. The Hall–Kier alpha value is -2.00. The molecule has 0 aliphatic heterocycles. The highest BCUT2D eigenvalue weighted by molar-refractivity contribution is 6.31. The number of urea groups is 1. The number of anilines is 2. The molecule has 0 saturated carbocycles. The highest BCUT2D eigenvalue weighted by atomic mass is 35.5. The number of nitrogens with one attached hydrogen (secondary N) is 2. The molecule has 0 aliphatic rings. The van der Waals surface area contributed by atoms with Gasteiger partial charge in [0.2, 0.25) is 0 Å². The third-order valence-corrected chi connectivity index (χ3v) is 3.56. The van der Waals surface area contributed by atoms with Gasteiger partial charge >= 0.3 is 6.03 Å². The lowest BCUT2D eigenvalue weighted by Gasteiger charge is -2.12. The van der Waals surface area contributed by atoms with Crippen LogP contribution in [0.25, 0.3) is 0 Å². The third kappa shape index (κ3) is 3.31. The van der Waals surface area contributed by atoms with E-state index in [4.69, 9.17) is 11.6 Å². The van der Waals surface area contributed by atoms with Gasteiger partial charge in [0.15, 0.2) is 0 Å². The van der Waals surface area contributed by atoms with Crippen molar-refractivity contribution in [1.29, 1.82) is 0 Å². The second-order valence-electron chi connectivity index (χ2n) is 4.81. The minimum atomic E-state index is -0.276. The topological polar surface area (TPSA) is 41.1 Å². The van der Waals surface area contributed by atoms with Crippen LogP contribution in [0, 0.1) is 20.8 Å². The van der Waals surface area contributed by atoms with Gasteiger partial charge in [-0.05, 0) is 49.6 Å². The van der Waals surface area contributed by atoms with Crippen molar-refractivity contribution in [2.45, 2.75) is 20.8 Å². The van der Waals surface area contributed by atoms with Gasteiger partial charge < -0.3 is 10.6 Å². The fourth-order valence-electron chi connectivity index (χ4n) is 1.96. The predicted molar refractivity (Wildman–Crippen MR) is 84.7 cm³/mol. The number of amides is 2. The molecule has 4 heteroatoms. The van der Waals surface area contributed by atoms with Crippen LogP contribution in [0.15, 0.2) is 36.4 Å². The van der Waals surface area contributed by atoms with Crippen molar-refractivity contribution >= 4 is 29.0 Å². The first-order valence-corrected chi connectivity index (χ1v) is 6.75. The maximum absolute atomic E-state index is 12.0. The van der Waals surface area contributed by atoms with Gasteiger partial charge in [0.25, 0.3) is 0 Å². The van der Waals surface area contributed by atoms with Crippen LogP contribution in [-0.4, -0.2) is 6.03 Å². The van der Waals surface area contributed by atoms with Crippen LogP contribution in [0.5, 0.6) is 0 Å². The van der Waals surface area contributed by atoms with E-state index in [0.717, 1.165) is 22.4 Å². The Morgan fingerprint density at radius 2 is 1.60 bits per heavy atom. The zero-order valence-corrected chi connectivity index (χ0v) is 12.5. The minimum Gasteiger partial charge on any atom is -0.308 e. The summed E-state index contributed by atoms with van der Waals surface area (Å²) < 4.78 is 0. The molecule has 2 rings (SSSR count). The zero-order valence-electron chi connectivity index (χ0n) is 11.8. The largest absolute Gasteiger partial charge is 0.323 e. The summed E-state index contributed by atoms with van der Waals surface area (Å²) in [5.74, 6) is 0. The van der Waals surface area contributed by atoms with Gasteiger partial charge in [0.05, 0.1) is 0 Å². The van der Waals surface area contributed by atoms with Crippen molar-refractivity contribution in [2.75, 3.05) is 10.6 Å². The van der Waals surface area contributed by atoms with E-state index in [1.54, 1.807) is 6.07 Å². The summed E-state index contributed by atoms with van der Waals surface area (Å²) in [6.45, 7) is 5.85. The second-order valence-corrected chi connectivity index (χ2v) is 5.22. The zero-order chi connectivity index (χ0) is 14.7. The van der Waals surface area contributed by atoms with Gasteiger partial charge in [-0.15, -0.1) is 0 Å². The van der Waals surface area contributed by atoms with Crippen molar-refractivity contribution in [1.82, 2.24) is 0 Å².